The van der Waals surface area contributed by atoms with Crippen molar-refractivity contribution < 1.29 is 14.7 Å². The molecule has 2 N–H and O–H groups in total. The van der Waals surface area contributed by atoms with E-state index in [2.05, 4.69) is 19.2 Å². The Kier molecular flexibility index (Phi) is 4.97. The van der Waals surface area contributed by atoms with E-state index in [0.29, 0.717) is 25.2 Å². The number of amides is 1. The Labute approximate surface area is 103 Å². The largest absolute Gasteiger partial charge is 0.480 e. The summed E-state index contributed by atoms with van der Waals surface area (Å²) in [6.45, 7) is 4.11. The molecule has 98 valence electrons. The number of aliphatic carboxylic acids is 1. The molecule has 0 saturated heterocycles. The molecular formula is C13H23NO3. The molecule has 0 atom stereocenters. The van der Waals surface area contributed by atoms with Gasteiger partial charge in [0.25, 0.3) is 0 Å². The summed E-state index contributed by atoms with van der Waals surface area (Å²) in [6, 6.07) is 0. The number of nitrogens with one attached hydrogen (secondary N) is 1. The molecule has 1 fully saturated rings. The van der Waals surface area contributed by atoms with Gasteiger partial charge in [-0.2, -0.15) is 0 Å². The number of carbonyl (C=O) groups excluding carboxylic acids is 1. The molecule has 17 heavy (non-hydrogen) atoms. The van der Waals surface area contributed by atoms with Gasteiger partial charge < -0.3 is 10.4 Å². The summed E-state index contributed by atoms with van der Waals surface area (Å²) in [5.41, 5.74) is -0.994. The molecule has 1 aliphatic rings. The Morgan fingerprint density at radius 2 is 1.82 bits per heavy atom. The zero-order valence-corrected chi connectivity index (χ0v) is 10.8. The highest BCUT2D eigenvalue weighted by molar-refractivity contribution is 5.87. The normalized spacial score (nSPS) is 19.0. The van der Waals surface area contributed by atoms with E-state index in [1.807, 2.05) is 0 Å². The minimum atomic E-state index is -0.994. The van der Waals surface area contributed by atoms with E-state index < -0.39 is 11.5 Å². The monoisotopic (exact) mass is 241 g/mol. The number of carboxylic acids is 1. The van der Waals surface area contributed by atoms with Gasteiger partial charge in [0.2, 0.25) is 5.91 Å². The average molecular weight is 241 g/mol. The average Bonchev–Trinajstić information content (AvgIpc) is 2.27. The molecule has 1 rings (SSSR count). The van der Waals surface area contributed by atoms with Crippen molar-refractivity contribution in [2.24, 2.45) is 5.92 Å². The second-order valence-electron chi connectivity index (χ2n) is 5.43. The predicted octanol–water partition coefficient (Wildman–Crippen LogP) is 2.33. The van der Waals surface area contributed by atoms with Crippen LogP contribution in [0.25, 0.3) is 0 Å². The molecular weight excluding hydrogens is 218 g/mol. The van der Waals surface area contributed by atoms with Gasteiger partial charge in [-0.1, -0.05) is 33.1 Å². The Morgan fingerprint density at radius 3 is 2.29 bits per heavy atom. The van der Waals surface area contributed by atoms with Crippen LogP contribution in [0.15, 0.2) is 0 Å². The Hall–Kier alpha value is -1.06. The van der Waals surface area contributed by atoms with Crippen molar-refractivity contribution in [3.8, 4) is 0 Å². The van der Waals surface area contributed by atoms with Crippen LogP contribution >= 0.6 is 0 Å². The summed E-state index contributed by atoms with van der Waals surface area (Å²) >= 11 is 0. The van der Waals surface area contributed by atoms with Gasteiger partial charge in [0, 0.05) is 6.42 Å². The molecule has 1 amide bonds. The smallest absolute Gasteiger partial charge is 0.329 e. The summed E-state index contributed by atoms with van der Waals surface area (Å²) in [5.74, 6) is -0.536. The van der Waals surface area contributed by atoms with Crippen LogP contribution in [0.4, 0.5) is 0 Å². The maximum Gasteiger partial charge on any atom is 0.329 e. The standard InChI is InChI=1S/C13H23NO3/c1-10(2)6-7-11(15)14-13(12(16)17)8-4-3-5-9-13/h10H,3-9H2,1-2H3,(H,14,15)(H,16,17). The van der Waals surface area contributed by atoms with Crippen molar-refractivity contribution in [2.45, 2.75) is 64.3 Å². The quantitative estimate of drug-likeness (QED) is 0.776. The summed E-state index contributed by atoms with van der Waals surface area (Å²) in [5, 5.41) is 12.0. The molecule has 0 unspecified atom stereocenters. The van der Waals surface area contributed by atoms with E-state index >= 15 is 0 Å². The molecule has 0 aromatic heterocycles. The molecule has 4 heteroatoms. The zero-order chi connectivity index (χ0) is 12.9. The minimum Gasteiger partial charge on any atom is -0.480 e. The number of carbonyl (C=O) groups is 2. The van der Waals surface area contributed by atoms with Gasteiger partial charge >= 0.3 is 5.97 Å². The van der Waals surface area contributed by atoms with E-state index in [0.717, 1.165) is 25.7 Å². The fourth-order valence-electron chi connectivity index (χ4n) is 2.30. The van der Waals surface area contributed by atoms with Gasteiger partial charge in [-0.25, -0.2) is 4.79 Å². The van der Waals surface area contributed by atoms with E-state index in [4.69, 9.17) is 0 Å². The van der Waals surface area contributed by atoms with Crippen LogP contribution < -0.4 is 5.32 Å². The molecule has 1 saturated carbocycles. The molecule has 1 aliphatic carbocycles. The van der Waals surface area contributed by atoms with Gasteiger partial charge in [-0.3, -0.25) is 4.79 Å². The molecule has 0 aromatic carbocycles. The van der Waals surface area contributed by atoms with E-state index in [-0.39, 0.29) is 5.91 Å². The summed E-state index contributed by atoms with van der Waals surface area (Å²) in [6.07, 6.45) is 5.20. The van der Waals surface area contributed by atoms with E-state index in [9.17, 15) is 14.7 Å². The highest BCUT2D eigenvalue weighted by Gasteiger charge is 2.40. The van der Waals surface area contributed by atoms with E-state index in [1.165, 1.54) is 0 Å². The molecule has 0 radical (unpaired) electrons. The van der Waals surface area contributed by atoms with Crippen LogP contribution in [0.3, 0.4) is 0 Å². The highest BCUT2D eigenvalue weighted by Crippen LogP contribution is 2.28. The van der Waals surface area contributed by atoms with Gasteiger partial charge in [0.1, 0.15) is 5.54 Å². The van der Waals surface area contributed by atoms with Crippen molar-refractivity contribution in [1.82, 2.24) is 5.32 Å². The van der Waals surface area contributed by atoms with E-state index in [1.54, 1.807) is 0 Å². The Morgan fingerprint density at radius 1 is 1.24 bits per heavy atom. The third-order valence-electron chi connectivity index (χ3n) is 3.44. The van der Waals surface area contributed by atoms with Crippen molar-refractivity contribution >= 4 is 11.9 Å². The highest BCUT2D eigenvalue weighted by atomic mass is 16.4. The summed E-state index contributed by atoms with van der Waals surface area (Å²) in [4.78, 5) is 23.1. The first-order valence-corrected chi connectivity index (χ1v) is 6.51. The maximum atomic E-state index is 11.8. The molecule has 0 spiro atoms. The fourth-order valence-corrected chi connectivity index (χ4v) is 2.30. The Balaban J connectivity index is 2.54. The van der Waals surface area contributed by atoms with Gasteiger partial charge in [0.05, 0.1) is 0 Å². The van der Waals surface area contributed by atoms with Crippen LogP contribution in [0, 0.1) is 5.92 Å². The van der Waals surface area contributed by atoms with Gasteiger partial charge in [-0.15, -0.1) is 0 Å². The van der Waals surface area contributed by atoms with Gasteiger partial charge in [0.15, 0.2) is 0 Å². The summed E-state index contributed by atoms with van der Waals surface area (Å²) < 4.78 is 0. The number of hydrogen-bond acceptors (Lipinski definition) is 2. The van der Waals surface area contributed by atoms with Crippen LogP contribution in [-0.2, 0) is 9.59 Å². The van der Waals surface area contributed by atoms with Crippen molar-refractivity contribution in [2.75, 3.05) is 0 Å². The lowest BCUT2D eigenvalue weighted by Gasteiger charge is -2.34. The second kappa shape index (κ2) is 6.03. The summed E-state index contributed by atoms with van der Waals surface area (Å²) in [7, 11) is 0. The van der Waals surface area contributed by atoms with Crippen molar-refractivity contribution in [3.05, 3.63) is 0 Å². The first-order chi connectivity index (χ1) is 7.96. The third-order valence-corrected chi connectivity index (χ3v) is 3.44. The molecule has 0 heterocycles. The van der Waals surface area contributed by atoms with Crippen LogP contribution in [0.2, 0.25) is 0 Å². The topological polar surface area (TPSA) is 66.4 Å². The SMILES string of the molecule is CC(C)CCC(=O)NC1(C(=O)O)CCCCC1. The minimum absolute atomic E-state index is 0.122. The maximum absolute atomic E-state index is 11.8. The third kappa shape index (κ3) is 4.02. The first kappa shape index (κ1) is 14.0. The lowest BCUT2D eigenvalue weighted by atomic mass is 9.81. The zero-order valence-electron chi connectivity index (χ0n) is 10.8. The molecule has 0 bridgehead atoms. The molecule has 0 aliphatic heterocycles. The Bertz CT molecular complexity index is 280. The molecule has 4 nitrogen and oxygen atoms in total. The first-order valence-electron chi connectivity index (χ1n) is 6.51. The second-order valence-corrected chi connectivity index (χ2v) is 5.43. The predicted molar refractivity (Wildman–Crippen MR) is 65.7 cm³/mol. The number of hydrogen-bond donors (Lipinski definition) is 2. The van der Waals surface area contributed by atoms with Crippen LogP contribution in [0.5, 0.6) is 0 Å². The number of rotatable bonds is 5. The fraction of sp³-hybridized carbons (Fsp3) is 0.846. The van der Waals surface area contributed by atoms with Crippen molar-refractivity contribution in [3.63, 3.8) is 0 Å². The van der Waals surface area contributed by atoms with Crippen LogP contribution in [0.1, 0.15) is 58.8 Å². The number of carboxylic acid groups (broad SMARTS) is 1. The lowest BCUT2D eigenvalue weighted by Crippen LogP contribution is -2.55. The van der Waals surface area contributed by atoms with Crippen LogP contribution in [-0.4, -0.2) is 22.5 Å². The molecule has 0 aromatic rings. The van der Waals surface area contributed by atoms with Gasteiger partial charge in [-0.05, 0) is 25.2 Å². The van der Waals surface area contributed by atoms with Crippen molar-refractivity contribution in [1.29, 1.82) is 0 Å². The lowest BCUT2D eigenvalue weighted by molar-refractivity contribution is -0.149.